The molecule has 1 saturated heterocycles. The number of hydrogen-bond acceptors (Lipinski definition) is 5. The van der Waals surface area contributed by atoms with Gasteiger partial charge in [-0.15, -0.1) is 0 Å². The van der Waals surface area contributed by atoms with E-state index >= 15 is 0 Å². The normalized spacial score (nSPS) is 17.9. The minimum atomic E-state index is -0.204. The van der Waals surface area contributed by atoms with Gasteiger partial charge in [-0.2, -0.15) is 0 Å². The maximum absolute atomic E-state index is 12.4. The predicted octanol–water partition coefficient (Wildman–Crippen LogP) is 1.95. The molecule has 0 bridgehead atoms. The van der Waals surface area contributed by atoms with Crippen LogP contribution in [0.3, 0.4) is 0 Å². The minimum Gasteiger partial charge on any atom is -0.376 e. The van der Waals surface area contributed by atoms with Crippen molar-refractivity contribution < 1.29 is 14.1 Å². The Morgan fingerprint density at radius 1 is 1.48 bits per heavy atom. The minimum absolute atomic E-state index is 0.104. The third kappa shape index (κ3) is 2.95. The van der Waals surface area contributed by atoms with Crippen molar-refractivity contribution >= 4 is 5.91 Å². The number of pyridine rings is 1. The molecule has 0 spiro atoms. The van der Waals surface area contributed by atoms with Gasteiger partial charge in [-0.05, 0) is 31.9 Å². The quantitative estimate of drug-likeness (QED) is 0.930. The van der Waals surface area contributed by atoms with Crippen LogP contribution < -0.4 is 5.32 Å². The van der Waals surface area contributed by atoms with Gasteiger partial charge >= 0.3 is 0 Å². The number of hydrogen-bond donors (Lipinski definition) is 1. The molecule has 2 aromatic rings. The van der Waals surface area contributed by atoms with Crippen molar-refractivity contribution in [1.82, 2.24) is 15.5 Å². The third-order valence-electron chi connectivity index (χ3n) is 3.51. The lowest BCUT2D eigenvalue weighted by Crippen LogP contribution is -2.32. The number of nitrogens with one attached hydrogen (secondary N) is 1. The predicted molar refractivity (Wildman–Crippen MR) is 75.8 cm³/mol. The van der Waals surface area contributed by atoms with Crippen LogP contribution in [0.5, 0.6) is 0 Å². The number of aryl methyl sites for hydroxylation is 1. The Labute approximate surface area is 122 Å². The lowest BCUT2D eigenvalue weighted by atomic mass is 10.1. The van der Waals surface area contributed by atoms with Crippen LogP contribution in [0.1, 0.15) is 29.0 Å². The Kier molecular flexibility index (Phi) is 3.96. The van der Waals surface area contributed by atoms with Crippen LogP contribution in [-0.2, 0) is 4.74 Å². The van der Waals surface area contributed by atoms with Crippen molar-refractivity contribution in [3.05, 3.63) is 35.7 Å². The van der Waals surface area contributed by atoms with Crippen molar-refractivity contribution in [2.24, 2.45) is 0 Å². The summed E-state index contributed by atoms with van der Waals surface area (Å²) in [7, 11) is 0. The van der Waals surface area contributed by atoms with Crippen LogP contribution in [0.25, 0.3) is 11.4 Å². The third-order valence-corrected chi connectivity index (χ3v) is 3.51. The van der Waals surface area contributed by atoms with Crippen LogP contribution in [-0.4, -0.2) is 35.3 Å². The molecule has 6 nitrogen and oxygen atoms in total. The lowest BCUT2D eigenvalue weighted by Gasteiger charge is -2.10. The summed E-state index contributed by atoms with van der Waals surface area (Å²) in [6.45, 7) is 3.00. The van der Waals surface area contributed by atoms with Gasteiger partial charge in [0.1, 0.15) is 17.0 Å². The van der Waals surface area contributed by atoms with Crippen molar-refractivity contribution in [3.63, 3.8) is 0 Å². The fourth-order valence-corrected chi connectivity index (χ4v) is 2.42. The van der Waals surface area contributed by atoms with Crippen molar-refractivity contribution in [2.45, 2.75) is 25.9 Å². The average molecular weight is 287 g/mol. The Balaban J connectivity index is 1.78. The molecule has 0 unspecified atom stereocenters. The molecule has 1 aliphatic rings. The van der Waals surface area contributed by atoms with Crippen molar-refractivity contribution in [1.29, 1.82) is 0 Å². The maximum Gasteiger partial charge on any atom is 0.257 e. The summed E-state index contributed by atoms with van der Waals surface area (Å²) in [6.07, 6.45) is 3.79. The molecule has 1 atom stereocenters. The molecule has 1 amide bonds. The molecule has 3 heterocycles. The number of aromatic nitrogens is 2. The Bertz CT molecular complexity index is 618. The zero-order valence-corrected chi connectivity index (χ0v) is 11.8. The molecule has 6 heteroatoms. The molecular formula is C15H17N3O3. The first-order chi connectivity index (χ1) is 10.3. The molecular weight excluding hydrogens is 270 g/mol. The highest BCUT2D eigenvalue weighted by atomic mass is 16.5. The second-order valence-corrected chi connectivity index (χ2v) is 5.02. The summed E-state index contributed by atoms with van der Waals surface area (Å²) in [6, 6.07) is 5.46. The molecule has 21 heavy (non-hydrogen) atoms. The van der Waals surface area contributed by atoms with Gasteiger partial charge in [0.25, 0.3) is 5.91 Å². The summed E-state index contributed by atoms with van der Waals surface area (Å²) >= 11 is 0. The van der Waals surface area contributed by atoms with E-state index in [4.69, 9.17) is 9.26 Å². The van der Waals surface area contributed by atoms with Gasteiger partial charge in [0.2, 0.25) is 0 Å². The van der Waals surface area contributed by atoms with Crippen molar-refractivity contribution in [2.75, 3.05) is 13.2 Å². The summed E-state index contributed by atoms with van der Waals surface area (Å²) in [5.74, 6) is 0.283. The smallest absolute Gasteiger partial charge is 0.257 e. The number of carbonyl (C=O) groups excluding carboxylic acids is 1. The van der Waals surface area contributed by atoms with Crippen LogP contribution in [0, 0.1) is 6.92 Å². The summed E-state index contributed by atoms with van der Waals surface area (Å²) < 4.78 is 10.7. The Morgan fingerprint density at radius 3 is 3.10 bits per heavy atom. The monoisotopic (exact) mass is 287 g/mol. The van der Waals surface area contributed by atoms with Gasteiger partial charge in [0.15, 0.2) is 0 Å². The molecule has 3 rings (SSSR count). The van der Waals surface area contributed by atoms with Crippen molar-refractivity contribution in [3.8, 4) is 11.4 Å². The summed E-state index contributed by atoms with van der Waals surface area (Å²) in [5, 5.41) is 6.84. The van der Waals surface area contributed by atoms with Crippen LogP contribution >= 0.6 is 0 Å². The molecule has 0 radical (unpaired) electrons. The molecule has 0 aliphatic carbocycles. The Hall–Kier alpha value is -2.21. The molecule has 1 aliphatic heterocycles. The summed E-state index contributed by atoms with van der Waals surface area (Å²) in [4.78, 5) is 16.6. The van der Waals surface area contributed by atoms with Crippen LogP contribution in [0.15, 0.2) is 28.9 Å². The number of carbonyl (C=O) groups is 1. The molecule has 110 valence electrons. The van der Waals surface area contributed by atoms with Crippen LogP contribution in [0.2, 0.25) is 0 Å². The first-order valence-corrected chi connectivity index (χ1v) is 7.03. The van der Waals surface area contributed by atoms with Gasteiger partial charge in [-0.3, -0.25) is 9.78 Å². The first-order valence-electron chi connectivity index (χ1n) is 7.03. The van der Waals surface area contributed by atoms with Crippen LogP contribution in [0.4, 0.5) is 0 Å². The maximum atomic E-state index is 12.4. The van der Waals surface area contributed by atoms with Gasteiger partial charge in [-0.1, -0.05) is 11.2 Å². The van der Waals surface area contributed by atoms with E-state index in [9.17, 15) is 4.79 Å². The average Bonchev–Trinajstić information content (AvgIpc) is 3.15. The second-order valence-electron chi connectivity index (χ2n) is 5.02. The molecule has 0 aromatic carbocycles. The number of rotatable bonds is 4. The zero-order valence-electron chi connectivity index (χ0n) is 11.8. The highest BCUT2D eigenvalue weighted by molar-refractivity contribution is 6.00. The second kappa shape index (κ2) is 6.05. The number of nitrogens with zero attached hydrogens (tertiary/aromatic N) is 2. The standard InChI is InChI=1S/C15H17N3O3/c1-10-13(15(19)17-9-11-5-4-8-20-11)14(18-21-10)12-6-2-3-7-16-12/h2-3,6-7,11H,4-5,8-9H2,1H3,(H,17,19)/t11-/m0/s1. The molecule has 0 saturated carbocycles. The molecule has 2 aromatic heterocycles. The van der Waals surface area contributed by atoms with E-state index in [0.717, 1.165) is 19.4 Å². The lowest BCUT2D eigenvalue weighted by molar-refractivity contribution is 0.0857. The zero-order chi connectivity index (χ0) is 14.7. The largest absolute Gasteiger partial charge is 0.376 e. The van der Waals surface area contributed by atoms with Gasteiger partial charge < -0.3 is 14.6 Å². The fourth-order valence-electron chi connectivity index (χ4n) is 2.42. The van der Waals surface area contributed by atoms with E-state index in [2.05, 4.69) is 15.5 Å². The topological polar surface area (TPSA) is 77.2 Å². The first kappa shape index (κ1) is 13.8. The van der Waals surface area contributed by atoms with E-state index in [1.165, 1.54) is 0 Å². The molecule has 1 N–H and O–H groups in total. The van der Waals surface area contributed by atoms with E-state index in [1.807, 2.05) is 12.1 Å². The van der Waals surface area contributed by atoms with E-state index in [0.29, 0.717) is 29.3 Å². The van der Waals surface area contributed by atoms with E-state index in [-0.39, 0.29) is 12.0 Å². The SMILES string of the molecule is Cc1onc(-c2ccccn2)c1C(=O)NC[C@@H]1CCCO1. The number of amides is 1. The van der Waals surface area contributed by atoms with E-state index in [1.54, 1.807) is 19.2 Å². The van der Waals surface area contributed by atoms with Gasteiger partial charge in [0.05, 0.1) is 11.8 Å². The Morgan fingerprint density at radius 2 is 2.38 bits per heavy atom. The summed E-state index contributed by atoms with van der Waals surface area (Å²) in [5.41, 5.74) is 1.53. The highest BCUT2D eigenvalue weighted by Crippen LogP contribution is 2.23. The highest BCUT2D eigenvalue weighted by Gasteiger charge is 2.23. The van der Waals surface area contributed by atoms with E-state index < -0.39 is 0 Å². The van der Waals surface area contributed by atoms with Gasteiger partial charge in [0, 0.05) is 19.3 Å². The van der Waals surface area contributed by atoms with Gasteiger partial charge in [-0.25, -0.2) is 0 Å². The fraction of sp³-hybridized carbons (Fsp3) is 0.400. The number of ether oxygens (including phenoxy) is 1. The molecule has 1 fully saturated rings.